The molecule has 2 aromatic rings. The van der Waals surface area contributed by atoms with E-state index in [9.17, 15) is 4.79 Å². The minimum atomic E-state index is -0.586. The molecule has 1 aliphatic rings. The van der Waals surface area contributed by atoms with E-state index in [1.807, 2.05) is 13.8 Å². The highest BCUT2D eigenvalue weighted by molar-refractivity contribution is 6.33. The molecule has 2 aromatic heterocycles. The maximum Gasteiger partial charge on any atom is 0.354 e. The van der Waals surface area contributed by atoms with E-state index in [1.54, 1.807) is 18.5 Å². The van der Waals surface area contributed by atoms with Crippen molar-refractivity contribution in [2.24, 2.45) is 0 Å². The Morgan fingerprint density at radius 3 is 2.90 bits per heavy atom. The van der Waals surface area contributed by atoms with Gasteiger partial charge in [0, 0.05) is 11.8 Å². The second-order valence-electron chi connectivity index (χ2n) is 5.07. The topological polar surface area (TPSA) is 64.2 Å². The highest BCUT2D eigenvalue weighted by Crippen LogP contribution is 2.47. The summed E-state index contributed by atoms with van der Waals surface area (Å²) < 4.78 is 10.7. The molecule has 0 unspecified atom stereocenters. The predicted molar refractivity (Wildman–Crippen MR) is 74.0 cm³/mol. The highest BCUT2D eigenvalue weighted by atomic mass is 35.5. The Kier molecular flexibility index (Phi) is 2.76. The Labute approximate surface area is 120 Å². The Bertz CT molecular complexity index is 706. The summed E-state index contributed by atoms with van der Waals surface area (Å²) in [5, 5.41) is 0.470. The minimum absolute atomic E-state index is 0.370. The van der Waals surface area contributed by atoms with Gasteiger partial charge in [-0.05, 0) is 19.9 Å². The zero-order valence-electron chi connectivity index (χ0n) is 11.3. The van der Waals surface area contributed by atoms with E-state index in [-0.39, 0.29) is 0 Å². The molecule has 6 heteroatoms. The van der Waals surface area contributed by atoms with E-state index in [0.29, 0.717) is 22.0 Å². The van der Waals surface area contributed by atoms with Gasteiger partial charge in [-0.2, -0.15) is 0 Å². The van der Waals surface area contributed by atoms with Crippen LogP contribution in [0.3, 0.4) is 0 Å². The Morgan fingerprint density at radius 2 is 2.20 bits per heavy atom. The van der Waals surface area contributed by atoms with Crippen LogP contribution in [0.1, 0.15) is 29.9 Å². The number of aromatic amines is 1. The number of fused-ring (bicyclic) bond motifs is 3. The predicted octanol–water partition coefficient (Wildman–Crippen LogP) is 3.14. The summed E-state index contributed by atoms with van der Waals surface area (Å²) in [4.78, 5) is 18.8. The molecule has 3 rings (SSSR count). The number of esters is 1. The molecule has 0 radical (unpaired) electrons. The molecule has 0 fully saturated rings. The van der Waals surface area contributed by atoms with Crippen LogP contribution >= 0.6 is 11.6 Å². The molecule has 3 heterocycles. The van der Waals surface area contributed by atoms with Crippen molar-refractivity contribution in [2.75, 3.05) is 7.11 Å². The third kappa shape index (κ3) is 1.78. The molecule has 1 aliphatic heterocycles. The number of nitrogens with one attached hydrogen (secondary N) is 1. The van der Waals surface area contributed by atoms with Gasteiger partial charge in [0.1, 0.15) is 17.0 Å². The van der Waals surface area contributed by atoms with Crippen molar-refractivity contribution in [3.63, 3.8) is 0 Å². The van der Waals surface area contributed by atoms with Crippen molar-refractivity contribution in [3.05, 3.63) is 34.7 Å². The minimum Gasteiger partial charge on any atom is -0.481 e. The van der Waals surface area contributed by atoms with Gasteiger partial charge in [0.15, 0.2) is 0 Å². The molecule has 0 aromatic carbocycles. The van der Waals surface area contributed by atoms with Gasteiger partial charge in [-0.25, -0.2) is 4.79 Å². The van der Waals surface area contributed by atoms with E-state index in [4.69, 9.17) is 21.1 Å². The first-order valence-corrected chi connectivity index (χ1v) is 6.46. The van der Waals surface area contributed by atoms with Crippen LogP contribution < -0.4 is 4.74 Å². The van der Waals surface area contributed by atoms with Gasteiger partial charge in [0.2, 0.25) is 0 Å². The number of nitrogens with zero attached hydrogens (tertiary/aromatic N) is 1. The maximum atomic E-state index is 11.7. The fourth-order valence-corrected chi connectivity index (χ4v) is 2.66. The smallest absolute Gasteiger partial charge is 0.354 e. The lowest BCUT2D eigenvalue weighted by molar-refractivity contribution is 0.0595. The van der Waals surface area contributed by atoms with Crippen molar-refractivity contribution < 1.29 is 14.3 Å². The SMILES string of the molecule is COC(=O)c1cc2c([nH]1)-c1c(Cl)cncc1OC2(C)C. The number of carbonyl (C=O) groups is 1. The van der Waals surface area contributed by atoms with E-state index in [1.165, 1.54) is 7.11 Å². The molecule has 104 valence electrons. The van der Waals surface area contributed by atoms with E-state index in [2.05, 4.69) is 9.97 Å². The van der Waals surface area contributed by atoms with Crippen LogP contribution in [0.4, 0.5) is 0 Å². The number of ether oxygens (including phenoxy) is 2. The summed E-state index contributed by atoms with van der Waals surface area (Å²) in [5.41, 5.74) is 2.13. The second kappa shape index (κ2) is 4.24. The number of pyridine rings is 1. The van der Waals surface area contributed by atoms with E-state index in [0.717, 1.165) is 11.3 Å². The highest BCUT2D eigenvalue weighted by Gasteiger charge is 2.36. The number of halogens is 1. The molecule has 20 heavy (non-hydrogen) atoms. The number of carbonyl (C=O) groups excluding carboxylic acids is 1. The lowest BCUT2D eigenvalue weighted by atomic mass is 9.92. The first kappa shape index (κ1) is 13.0. The number of aromatic nitrogens is 2. The van der Waals surface area contributed by atoms with Crippen LogP contribution in [-0.4, -0.2) is 23.0 Å². The molecule has 5 nitrogen and oxygen atoms in total. The molecular formula is C14H13ClN2O3. The third-order valence-electron chi connectivity index (χ3n) is 3.35. The molecule has 0 atom stereocenters. The first-order valence-electron chi connectivity index (χ1n) is 6.08. The van der Waals surface area contributed by atoms with Crippen molar-refractivity contribution in [1.82, 2.24) is 9.97 Å². The summed E-state index contributed by atoms with van der Waals surface area (Å²) >= 11 is 6.21. The van der Waals surface area contributed by atoms with Crippen LogP contribution in [0.2, 0.25) is 5.02 Å². The van der Waals surface area contributed by atoms with Crippen molar-refractivity contribution >= 4 is 17.6 Å². The third-order valence-corrected chi connectivity index (χ3v) is 3.64. The van der Waals surface area contributed by atoms with Gasteiger partial charge in [-0.1, -0.05) is 11.6 Å². The quantitative estimate of drug-likeness (QED) is 0.820. The van der Waals surface area contributed by atoms with Crippen LogP contribution in [0.25, 0.3) is 11.3 Å². The fraction of sp³-hybridized carbons (Fsp3) is 0.286. The number of hydrogen-bond donors (Lipinski definition) is 1. The average Bonchev–Trinajstić information content (AvgIpc) is 2.83. The van der Waals surface area contributed by atoms with Gasteiger partial charge in [-0.3, -0.25) is 4.98 Å². The van der Waals surface area contributed by atoms with Crippen LogP contribution in [0, 0.1) is 0 Å². The molecule has 1 N–H and O–H groups in total. The second-order valence-corrected chi connectivity index (χ2v) is 5.48. The lowest BCUT2D eigenvalue weighted by Gasteiger charge is -2.32. The zero-order valence-corrected chi connectivity index (χ0v) is 12.0. The monoisotopic (exact) mass is 292 g/mol. The summed E-state index contributed by atoms with van der Waals surface area (Å²) in [7, 11) is 1.34. The molecule has 0 spiro atoms. The molecule has 0 bridgehead atoms. The van der Waals surface area contributed by atoms with Crippen molar-refractivity contribution in [2.45, 2.75) is 19.4 Å². The normalized spacial score (nSPS) is 15.0. The summed E-state index contributed by atoms with van der Waals surface area (Å²) in [6.45, 7) is 3.84. The first-order chi connectivity index (χ1) is 9.44. The molecule has 0 aliphatic carbocycles. The standard InChI is InChI=1S/C14H13ClN2O3/c1-14(2)7-4-9(13(18)19-3)17-12(7)11-8(15)5-16-6-10(11)20-14/h4-6,17H,1-3H3. The van der Waals surface area contributed by atoms with Gasteiger partial charge in [-0.15, -0.1) is 0 Å². The average molecular weight is 293 g/mol. The molecule has 0 saturated heterocycles. The van der Waals surface area contributed by atoms with E-state index >= 15 is 0 Å². The van der Waals surface area contributed by atoms with Crippen LogP contribution in [0.15, 0.2) is 18.5 Å². The van der Waals surface area contributed by atoms with E-state index < -0.39 is 11.6 Å². The molecule has 0 amide bonds. The Morgan fingerprint density at radius 1 is 1.45 bits per heavy atom. The summed E-state index contributed by atoms with van der Waals surface area (Å²) in [5.74, 6) is 0.162. The van der Waals surface area contributed by atoms with Gasteiger partial charge in [0.25, 0.3) is 0 Å². The lowest BCUT2D eigenvalue weighted by Crippen LogP contribution is -2.28. The van der Waals surface area contributed by atoms with Gasteiger partial charge < -0.3 is 14.5 Å². The van der Waals surface area contributed by atoms with Crippen molar-refractivity contribution in [1.29, 1.82) is 0 Å². The largest absolute Gasteiger partial charge is 0.481 e. The van der Waals surface area contributed by atoms with Gasteiger partial charge >= 0.3 is 5.97 Å². The van der Waals surface area contributed by atoms with Crippen LogP contribution in [0.5, 0.6) is 5.75 Å². The number of H-pyrrole nitrogens is 1. The fourth-order valence-electron chi connectivity index (χ4n) is 2.41. The number of methoxy groups -OCH3 is 1. The Hall–Kier alpha value is -2.01. The van der Waals surface area contributed by atoms with Crippen molar-refractivity contribution in [3.8, 4) is 17.0 Å². The zero-order chi connectivity index (χ0) is 14.5. The maximum absolute atomic E-state index is 11.7. The molecular weight excluding hydrogens is 280 g/mol. The van der Waals surface area contributed by atoms with Crippen LogP contribution in [-0.2, 0) is 10.3 Å². The summed E-state index contributed by atoms with van der Waals surface area (Å²) in [6.07, 6.45) is 3.16. The molecule has 0 saturated carbocycles. The number of rotatable bonds is 1. The summed E-state index contributed by atoms with van der Waals surface area (Å²) in [6, 6.07) is 1.74. The van der Waals surface area contributed by atoms with Gasteiger partial charge in [0.05, 0.1) is 29.6 Å². The number of hydrogen-bond acceptors (Lipinski definition) is 4. The Balaban J connectivity index is 2.27.